The predicted molar refractivity (Wildman–Crippen MR) is 146 cm³/mol. The number of nitrogens with one attached hydrogen (secondary N) is 2. The van der Waals surface area contributed by atoms with Crippen LogP contribution < -0.4 is 15.5 Å². The van der Waals surface area contributed by atoms with Crippen molar-refractivity contribution in [2.75, 3.05) is 5.32 Å². The number of thioether (sulfide) groups is 1. The third-order valence-corrected chi connectivity index (χ3v) is 6.97. The van der Waals surface area contributed by atoms with E-state index in [0.717, 1.165) is 27.9 Å². The number of hydrogen-bond acceptors (Lipinski definition) is 5. The maximum absolute atomic E-state index is 12.8. The standard InChI is InChI=1S/C24H16Cl3N3O3S2/c25-16-5-1-15(2-6-16)13-33-18-8-3-14(4-9-18)11-21-22(31)30(24(34)35-21)29-23(32)28-17-7-10-19(26)20(27)12-17/h1-12H,13H2,(H2,28,29,32)/b21-11+. The lowest BCUT2D eigenvalue weighted by molar-refractivity contribution is -0.123. The molecule has 3 aromatic carbocycles. The van der Waals surface area contributed by atoms with Crippen LogP contribution in [-0.4, -0.2) is 21.3 Å². The van der Waals surface area contributed by atoms with Gasteiger partial charge in [0, 0.05) is 10.7 Å². The van der Waals surface area contributed by atoms with Crippen LogP contribution in [0.4, 0.5) is 10.5 Å². The van der Waals surface area contributed by atoms with Crippen molar-refractivity contribution in [2.45, 2.75) is 6.61 Å². The number of anilines is 1. The Kier molecular flexibility index (Phi) is 8.20. The number of benzene rings is 3. The first-order valence-electron chi connectivity index (χ1n) is 10.1. The summed E-state index contributed by atoms with van der Waals surface area (Å²) >= 11 is 24.1. The van der Waals surface area contributed by atoms with Gasteiger partial charge in [-0.1, -0.05) is 70.8 Å². The third kappa shape index (κ3) is 6.68. The quantitative estimate of drug-likeness (QED) is 0.245. The van der Waals surface area contributed by atoms with Gasteiger partial charge in [0.25, 0.3) is 5.91 Å². The van der Waals surface area contributed by atoms with Crippen molar-refractivity contribution in [3.05, 3.63) is 97.8 Å². The normalized spacial score (nSPS) is 14.4. The van der Waals surface area contributed by atoms with E-state index in [1.165, 1.54) is 6.07 Å². The molecular weight excluding hydrogens is 549 g/mol. The maximum atomic E-state index is 12.8. The first-order chi connectivity index (χ1) is 16.8. The number of thiocarbonyl (C=S) groups is 1. The van der Waals surface area contributed by atoms with Gasteiger partial charge >= 0.3 is 6.03 Å². The summed E-state index contributed by atoms with van der Waals surface area (Å²) in [6.45, 7) is 0.408. The fourth-order valence-corrected chi connectivity index (χ4v) is 4.56. The monoisotopic (exact) mass is 563 g/mol. The molecular formula is C24H16Cl3N3O3S2. The number of rotatable bonds is 6. The predicted octanol–water partition coefficient (Wildman–Crippen LogP) is 7.16. The van der Waals surface area contributed by atoms with Crippen molar-refractivity contribution >= 4 is 86.8 Å². The summed E-state index contributed by atoms with van der Waals surface area (Å²) in [7, 11) is 0. The van der Waals surface area contributed by atoms with Crippen LogP contribution >= 0.6 is 58.8 Å². The SMILES string of the molecule is O=C(Nc1ccc(Cl)c(Cl)c1)NN1C(=O)/C(=C\c2ccc(OCc3ccc(Cl)cc3)cc2)SC1=S. The molecule has 3 amide bonds. The fourth-order valence-electron chi connectivity index (χ4n) is 2.96. The smallest absolute Gasteiger partial charge is 0.338 e. The van der Waals surface area contributed by atoms with E-state index in [1.54, 1.807) is 18.2 Å². The second kappa shape index (κ2) is 11.3. The number of hydrazine groups is 1. The molecule has 11 heteroatoms. The summed E-state index contributed by atoms with van der Waals surface area (Å²) in [4.78, 5) is 25.5. The molecule has 1 saturated heterocycles. The first kappa shape index (κ1) is 25.3. The van der Waals surface area contributed by atoms with Gasteiger partial charge in [-0.3, -0.25) is 4.79 Å². The maximum Gasteiger partial charge on any atom is 0.338 e. The van der Waals surface area contributed by atoms with E-state index in [0.29, 0.717) is 38.0 Å². The van der Waals surface area contributed by atoms with Gasteiger partial charge in [-0.2, -0.15) is 5.01 Å². The molecule has 0 spiro atoms. The Labute approximate surface area is 226 Å². The topological polar surface area (TPSA) is 70.7 Å². The summed E-state index contributed by atoms with van der Waals surface area (Å²) in [6.07, 6.45) is 1.70. The van der Waals surface area contributed by atoms with Crippen LogP contribution in [0.1, 0.15) is 11.1 Å². The van der Waals surface area contributed by atoms with Crippen LogP contribution in [0.3, 0.4) is 0 Å². The van der Waals surface area contributed by atoms with Gasteiger partial charge in [0.2, 0.25) is 0 Å². The van der Waals surface area contributed by atoms with E-state index >= 15 is 0 Å². The molecule has 4 rings (SSSR count). The van der Waals surface area contributed by atoms with Gasteiger partial charge in [-0.05, 0) is 71.9 Å². The number of hydrogen-bond donors (Lipinski definition) is 2. The molecule has 1 heterocycles. The zero-order chi connectivity index (χ0) is 24.9. The Morgan fingerprint density at radius 1 is 1.00 bits per heavy atom. The third-order valence-electron chi connectivity index (χ3n) is 4.68. The van der Waals surface area contributed by atoms with Gasteiger partial charge in [-0.15, -0.1) is 0 Å². The minimum Gasteiger partial charge on any atom is -0.489 e. The van der Waals surface area contributed by atoms with Gasteiger partial charge in [0.15, 0.2) is 4.32 Å². The number of carbonyl (C=O) groups is 2. The summed E-state index contributed by atoms with van der Waals surface area (Å²) in [5, 5.41) is 4.92. The van der Waals surface area contributed by atoms with Gasteiger partial charge in [0.1, 0.15) is 12.4 Å². The number of amides is 3. The number of carbonyl (C=O) groups excluding carboxylic acids is 2. The van der Waals surface area contributed by atoms with E-state index in [-0.39, 0.29) is 4.32 Å². The van der Waals surface area contributed by atoms with E-state index in [4.69, 9.17) is 51.8 Å². The molecule has 0 unspecified atom stereocenters. The molecule has 0 radical (unpaired) electrons. The van der Waals surface area contributed by atoms with Gasteiger partial charge in [-0.25, -0.2) is 10.2 Å². The number of ether oxygens (including phenoxy) is 1. The zero-order valence-electron chi connectivity index (χ0n) is 17.8. The zero-order valence-corrected chi connectivity index (χ0v) is 21.7. The molecule has 35 heavy (non-hydrogen) atoms. The van der Waals surface area contributed by atoms with Crippen molar-refractivity contribution in [3.8, 4) is 5.75 Å². The lowest BCUT2D eigenvalue weighted by Gasteiger charge is -2.16. The first-order valence-corrected chi connectivity index (χ1v) is 12.4. The summed E-state index contributed by atoms with van der Waals surface area (Å²) in [5.41, 5.74) is 4.64. The Morgan fingerprint density at radius 2 is 1.71 bits per heavy atom. The van der Waals surface area contributed by atoms with Crippen molar-refractivity contribution in [1.29, 1.82) is 0 Å². The van der Waals surface area contributed by atoms with Crippen LogP contribution in [0.25, 0.3) is 6.08 Å². The van der Waals surface area contributed by atoms with Crippen molar-refractivity contribution in [3.63, 3.8) is 0 Å². The Hall–Kier alpha value is -2.75. The van der Waals surface area contributed by atoms with Crippen LogP contribution in [0.2, 0.25) is 15.1 Å². The molecule has 2 N–H and O–H groups in total. The molecule has 1 aliphatic rings. The van der Waals surface area contributed by atoms with E-state index in [2.05, 4.69) is 10.7 Å². The molecule has 0 atom stereocenters. The minimum absolute atomic E-state index is 0.202. The molecule has 1 fully saturated rings. The average Bonchev–Trinajstić information content (AvgIpc) is 3.09. The minimum atomic E-state index is -0.650. The Balaban J connectivity index is 1.35. The van der Waals surface area contributed by atoms with Crippen LogP contribution in [0.15, 0.2) is 71.6 Å². The lowest BCUT2D eigenvalue weighted by Crippen LogP contribution is -2.46. The van der Waals surface area contributed by atoms with E-state index in [1.807, 2.05) is 48.5 Å². The average molecular weight is 565 g/mol. The highest BCUT2D eigenvalue weighted by atomic mass is 35.5. The Morgan fingerprint density at radius 3 is 2.40 bits per heavy atom. The summed E-state index contributed by atoms with van der Waals surface area (Å²) < 4.78 is 5.99. The fraction of sp³-hybridized carbons (Fsp3) is 0.0417. The number of halogens is 3. The van der Waals surface area contributed by atoms with Crippen molar-refractivity contribution < 1.29 is 14.3 Å². The van der Waals surface area contributed by atoms with E-state index in [9.17, 15) is 9.59 Å². The van der Waals surface area contributed by atoms with Crippen LogP contribution in [0.5, 0.6) is 5.75 Å². The highest BCUT2D eigenvalue weighted by molar-refractivity contribution is 8.26. The van der Waals surface area contributed by atoms with Crippen LogP contribution in [-0.2, 0) is 11.4 Å². The molecule has 0 bridgehead atoms. The van der Waals surface area contributed by atoms with Crippen LogP contribution in [0, 0.1) is 0 Å². The molecule has 6 nitrogen and oxygen atoms in total. The number of nitrogens with zero attached hydrogens (tertiary/aromatic N) is 1. The molecule has 1 aliphatic heterocycles. The largest absolute Gasteiger partial charge is 0.489 e. The van der Waals surface area contributed by atoms with Crippen molar-refractivity contribution in [1.82, 2.24) is 10.4 Å². The second-order valence-electron chi connectivity index (χ2n) is 7.20. The molecule has 3 aromatic rings. The second-order valence-corrected chi connectivity index (χ2v) is 10.1. The van der Waals surface area contributed by atoms with Gasteiger partial charge in [0.05, 0.1) is 15.0 Å². The number of urea groups is 1. The summed E-state index contributed by atoms with van der Waals surface area (Å²) in [5.74, 6) is 0.248. The lowest BCUT2D eigenvalue weighted by atomic mass is 10.2. The Bertz CT molecular complexity index is 1320. The van der Waals surface area contributed by atoms with Gasteiger partial charge < -0.3 is 10.1 Å². The molecule has 0 aliphatic carbocycles. The molecule has 0 aromatic heterocycles. The van der Waals surface area contributed by atoms with Crippen molar-refractivity contribution in [2.24, 2.45) is 0 Å². The summed E-state index contributed by atoms with van der Waals surface area (Å²) in [6, 6.07) is 18.7. The van der Waals surface area contributed by atoms with E-state index < -0.39 is 11.9 Å². The molecule has 0 saturated carbocycles. The molecule has 178 valence electrons. The highest BCUT2D eigenvalue weighted by Crippen LogP contribution is 2.32. The highest BCUT2D eigenvalue weighted by Gasteiger charge is 2.33.